The van der Waals surface area contributed by atoms with Crippen molar-refractivity contribution in [2.75, 3.05) is 13.1 Å². The van der Waals surface area contributed by atoms with Gasteiger partial charge in [-0.3, -0.25) is 9.59 Å². The molecule has 152 valence electrons. The third-order valence-corrected chi connectivity index (χ3v) is 3.72. The Hall–Kier alpha value is -2.81. The van der Waals surface area contributed by atoms with Gasteiger partial charge in [0.15, 0.2) is 0 Å². The highest BCUT2D eigenvalue weighted by Gasteiger charge is 2.25. The zero-order valence-corrected chi connectivity index (χ0v) is 15.8. The normalized spacial score (nSPS) is 12.4. The van der Waals surface area contributed by atoms with Crippen LogP contribution in [-0.2, 0) is 14.4 Å². The van der Waals surface area contributed by atoms with Crippen LogP contribution in [0.1, 0.15) is 46.0 Å². The van der Waals surface area contributed by atoms with Crippen LogP contribution in [0.15, 0.2) is 5.11 Å². The van der Waals surface area contributed by atoms with E-state index < -0.39 is 24.0 Å². The highest BCUT2D eigenvalue weighted by molar-refractivity contribution is 5.89. The molecule has 0 spiro atoms. The van der Waals surface area contributed by atoms with Crippen LogP contribution in [-0.4, -0.2) is 49.3 Å². The molecule has 0 aromatic heterocycles. The van der Waals surface area contributed by atoms with Gasteiger partial charge in [0.25, 0.3) is 0 Å². The first-order valence-corrected chi connectivity index (χ1v) is 8.91. The zero-order chi connectivity index (χ0) is 20.7. The van der Waals surface area contributed by atoms with Gasteiger partial charge in [-0.2, -0.15) is 0 Å². The van der Waals surface area contributed by atoms with E-state index in [1.807, 2.05) is 0 Å². The van der Waals surface area contributed by atoms with Crippen molar-refractivity contribution in [3.05, 3.63) is 10.4 Å². The SMILES string of the molecule is CC(C)C(NC(=O)CCCCN=[N+]=[N-])C(=O)N[C@H](C=O)CCCNC(N)=O. The summed E-state index contributed by atoms with van der Waals surface area (Å²) in [5.41, 5.74) is 13.1. The van der Waals surface area contributed by atoms with Crippen molar-refractivity contribution in [3.8, 4) is 0 Å². The van der Waals surface area contributed by atoms with Crippen LogP contribution in [0.25, 0.3) is 10.4 Å². The summed E-state index contributed by atoms with van der Waals surface area (Å²) >= 11 is 0. The average Bonchev–Trinajstić information content (AvgIpc) is 2.61. The lowest BCUT2D eigenvalue weighted by Gasteiger charge is -2.23. The van der Waals surface area contributed by atoms with E-state index in [2.05, 4.69) is 26.0 Å². The van der Waals surface area contributed by atoms with Gasteiger partial charge in [0.05, 0.1) is 6.04 Å². The fourth-order valence-electron chi connectivity index (χ4n) is 2.27. The molecule has 0 bridgehead atoms. The Morgan fingerprint density at radius 3 is 2.44 bits per heavy atom. The number of nitrogens with one attached hydrogen (secondary N) is 3. The first-order chi connectivity index (χ1) is 12.8. The van der Waals surface area contributed by atoms with Gasteiger partial charge in [0.1, 0.15) is 12.3 Å². The van der Waals surface area contributed by atoms with Gasteiger partial charge in [0, 0.05) is 24.4 Å². The van der Waals surface area contributed by atoms with Crippen molar-refractivity contribution in [1.82, 2.24) is 16.0 Å². The van der Waals surface area contributed by atoms with E-state index in [9.17, 15) is 19.2 Å². The van der Waals surface area contributed by atoms with Gasteiger partial charge in [-0.15, -0.1) is 0 Å². The molecule has 4 amide bonds. The predicted octanol–water partition coefficient (Wildman–Crippen LogP) is 0.740. The molecule has 11 nitrogen and oxygen atoms in total. The second-order valence-corrected chi connectivity index (χ2v) is 6.39. The molecule has 0 fully saturated rings. The quantitative estimate of drug-likeness (QED) is 0.114. The van der Waals surface area contributed by atoms with Gasteiger partial charge in [0.2, 0.25) is 11.8 Å². The number of urea groups is 1. The second kappa shape index (κ2) is 14.4. The van der Waals surface area contributed by atoms with E-state index in [1.165, 1.54) is 0 Å². The molecule has 1 unspecified atom stereocenters. The van der Waals surface area contributed by atoms with Crippen molar-refractivity contribution in [2.24, 2.45) is 16.8 Å². The molecule has 0 aliphatic heterocycles. The van der Waals surface area contributed by atoms with E-state index in [1.54, 1.807) is 13.8 Å². The minimum absolute atomic E-state index is 0.166. The summed E-state index contributed by atoms with van der Waals surface area (Å²) in [6, 6.07) is -2.13. The summed E-state index contributed by atoms with van der Waals surface area (Å²) < 4.78 is 0. The van der Waals surface area contributed by atoms with Gasteiger partial charge in [-0.1, -0.05) is 19.0 Å². The van der Waals surface area contributed by atoms with Crippen LogP contribution in [0.3, 0.4) is 0 Å². The predicted molar refractivity (Wildman–Crippen MR) is 99.4 cm³/mol. The third-order valence-electron chi connectivity index (χ3n) is 3.72. The molecule has 0 saturated heterocycles. The largest absolute Gasteiger partial charge is 0.352 e. The molecule has 0 aromatic rings. The van der Waals surface area contributed by atoms with Gasteiger partial charge < -0.3 is 26.5 Å². The van der Waals surface area contributed by atoms with Crippen molar-refractivity contribution in [1.29, 1.82) is 0 Å². The number of azide groups is 1. The Labute approximate surface area is 158 Å². The maximum atomic E-state index is 12.4. The summed E-state index contributed by atoms with van der Waals surface area (Å²) in [6.45, 7) is 4.21. The molecular formula is C16H29N7O4. The molecule has 5 N–H and O–H groups in total. The van der Waals surface area contributed by atoms with Crippen LogP contribution in [0.4, 0.5) is 4.79 Å². The Morgan fingerprint density at radius 2 is 1.89 bits per heavy atom. The summed E-state index contributed by atoms with van der Waals surface area (Å²) in [7, 11) is 0. The molecular weight excluding hydrogens is 354 g/mol. The minimum Gasteiger partial charge on any atom is -0.352 e. The Kier molecular flexibility index (Phi) is 12.9. The number of unbranched alkanes of at least 4 members (excludes halogenated alkanes) is 1. The first-order valence-electron chi connectivity index (χ1n) is 8.91. The lowest BCUT2D eigenvalue weighted by molar-refractivity contribution is -0.131. The number of hydrogen-bond acceptors (Lipinski definition) is 5. The highest BCUT2D eigenvalue weighted by atomic mass is 16.2. The van der Waals surface area contributed by atoms with E-state index in [4.69, 9.17) is 11.3 Å². The van der Waals surface area contributed by atoms with Crippen molar-refractivity contribution < 1.29 is 19.2 Å². The number of amides is 4. The first kappa shape index (κ1) is 24.2. The number of hydrogen-bond donors (Lipinski definition) is 4. The molecule has 0 rings (SSSR count). The Morgan fingerprint density at radius 1 is 1.19 bits per heavy atom. The Balaban J connectivity index is 4.45. The molecule has 0 aliphatic rings. The minimum atomic E-state index is -0.763. The fraction of sp³-hybridized carbons (Fsp3) is 0.750. The summed E-state index contributed by atoms with van der Waals surface area (Å²) in [5, 5.41) is 11.1. The van der Waals surface area contributed by atoms with Crippen LogP contribution in [0.5, 0.6) is 0 Å². The number of carbonyl (C=O) groups is 4. The lowest BCUT2D eigenvalue weighted by atomic mass is 10.0. The number of carbonyl (C=O) groups excluding carboxylic acids is 4. The maximum absolute atomic E-state index is 12.4. The monoisotopic (exact) mass is 383 g/mol. The molecule has 0 aromatic carbocycles. The molecule has 0 aliphatic carbocycles. The van der Waals surface area contributed by atoms with E-state index in [0.29, 0.717) is 45.1 Å². The topological polar surface area (TPSA) is 179 Å². The standard InChI is InChI=1S/C16H29N7O4/c1-11(2)14(22-13(25)7-3-4-9-20-23-18)15(26)21-12(10-24)6-5-8-19-16(17)27/h10-12,14H,3-9H2,1-2H3,(H,21,26)(H,22,25)(H3,17,19,27)/t12-,14?/m0/s1. The van der Waals surface area contributed by atoms with Crippen molar-refractivity contribution in [2.45, 2.75) is 58.0 Å². The molecule has 0 saturated carbocycles. The summed E-state index contributed by atoms with van der Waals surface area (Å²) in [6.07, 6.45) is 2.78. The van der Waals surface area contributed by atoms with Gasteiger partial charge in [-0.25, -0.2) is 4.79 Å². The highest BCUT2D eigenvalue weighted by Crippen LogP contribution is 2.05. The Bertz CT molecular complexity index is 547. The van der Waals surface area contributed by atoms with Crippen LogP contribution >= 0.6 is 0 Å². The number of nitrogens with zero attached hydrogens (tertiary/aromatic N) is 3. The van der Waals surface area contributed by atoms with Crippen LogP contribution in [0.2, 0.25) is 0 Å². The van der Waals surface area contributed by atoms with E-state index in [-0.39, 0.29) is 18.2 Å². The summed E-state index contributed by atoms with van der Waals surface area (Å²) in [5.74, 6) is -0.883. The van der Waals surface area contributed by atoms with Gasteiger partial charge in [-0.05, 0) is 37.1 Å². The fourth-order valence-corrected chi connectivity index (χ4v) is 2.27. The molecule has 2 atom stereocenters. The average molecular weight is 383 g/mol. The molecule has 27 heavy (non-hydrogen) atoms. The lowest BCUT2D eigenvalue weighted by Crippen LogP contribution is -2.52. The van der Waals surface area contributed by atoms with Crippen LogP contribution < -0.4 is 21.7 Å². The second-order valence-electron chi connectivity index (χ2n) is 6.39. The van der Waals surface area contributed by atoms with Crippen molar-refractivity contribution in [3.63, 3.8) is 0 Å². The third kappa shape index (κ3) is 12.2. The van der Waals surface area contributed by atoms with Crippen molar-refractivity contribution >= 4 is 24.1 Å². The number of primary amides is 1. The van der Waals surface area contributed by atoms with E-state index in [0.717, 1.165) is 0 Å². The smallest absolute Gasteiger partial charge is 0.312 e. The number of aldehydes is 1. The molecule has 0 heterocycles. The maximum Gasteiger partial charge on any atom is 0.312 e. The number of rotatable bonds is 14. The van der Waals surface area contributed by atoms with Gasteiger partial charge >= 0.3 is 6.03 Å². The zero-order valence-electron chi connectivity index (χ0n) is 15.8. The molecule has 11 heteroatoms. The number of nitrogens with two attached hydrogens (primary N) is 1. The summed E-state index contributed by atoms with van der Waals surface area (Å²) in [4.78, 5) is 48.8. The molecule has 0 radical (unpaired) electrons. The van der Waals surface area contributed by atoms with Crippen LogP contribution in [0, 0.1) is 5.92 Å². The van der Waals surface area contributed by atoms with E-state index >= 15 is 0 Å².